The lowest BCUT2D eigenvalue weighted by Gasteiger charge is -2.29. The van der Waals surface area contributed by atoms with E-state index in [4.69, 9.17) is 14.6 Å². The molecule has 0 bridgehead atoms. The maximum atomic E-state index is 14.0. The van der Waals surface area contributed by atoms with Crippen LogP contribution in [0.15, 0.2) is 0 Å². The number of aliphatic hydroxyl groups is 1. The van der Waals surface area contributed by atoms with E-state index < -0.39 is 24.0 Å². The van der Waals surface area contributed by atoms with Crippen molar-refractivity contribution in [2.45, 2.75) is 32.0 Å². The highest BCUT2D eigenvalue weighted by molar-refractivity contribution is 5.68. The van der Waals surface area contributed by atoms with Gasteiger partial charge in [-0.1, -0.05) is 0 Å². The first-order valence-electron chi connectivity index (χ1n) is 5.61. The van der Waals surface area contributed by atoms with Crippen LogP contribution in [0.1, 0.15) is 20.8 Å². The Morgan fingerprint density at radius 1 is 1.59 bits per heavy atom. The number of nitrogens with zero attached hydrogens (tertiary/aromatic N) is 1. The van der Waals surface area contributed by atoms with Crippen LogP contribution in [0.3, 0.4) is 0 Å². The van der Waals surface area contributed by atoms with Gasteiger partial charge in [-0.2, -0.15) is 0 Å². The molecular formula is C11H20FNO4. The van der Waals surface area contributed by atoms with Crippen LogP contribution in [0.25, 0.3) is 0 Å². The van der Waals surface area contributed by atoms with Gasteiger partial charge in [0.05, 0.1) is 26.4 Å². The summed E-state index contributed by atoms with van der Waals surface area (Å²) in [5.74, 6) is 0. The van der Waals surface area contributed by atoms with Crippen LogP contribution < -0.4 is 0 Å². The van der Waals surface area contributed by atoms with Gasteiger partial charge in [0, 0.05) is 6.54 Å². The molecule has 0 radical (unpaired) electrons. The van der Waals surface area contributed by atoms with Crippen molar-refractivity contribution in [2.75, 3.05) is 32.9 Å². The van der Waals surface area contributed by atoms with Crippen LogP contribution in [-0.4, -0.2) is 60.3 Å². The van der Waals surface area contributed by atoms with Crippen molar-refractivity contribution in [3.63, 3.8) is 0 Å². The summed E-state index contributed by atoms with van der Waals surface area (Å²) >= 11 is 0. The second-order valence-corrected chi connectivity index (χ2v) is 5.26. The number of alkyl halides is 1. The van der Waals surface area contributed by atoms with Crippen LogP contribution in [0.5, 0.6) is 0 Å². The zero-order valence-electron chi connectivity index (χ0n) is 10.5. The molecular weight excluding hydrogens is 229 g/mol. The van der Waals surface area contributed by atoms with Gasteiger partial charge in [-0.3, -0.25) is 0 Å². The summed E-state index contributed by atoms with van der Waals surface area (Å²) in [6.07, 6.45) is -0.585. The third-order valence-electron chi connectivity index (χ3n) is 2.28. The number of ether oxygens (including phenoxy) is 2. The van der Waals surface area contributed by atoms with E-state index in [2.05, 4.69) is 0 Å². The van der Waals surface area contributed by atoms with E-state index in [1.807, 2.05) is 0 Å². The first-order valence-corrected chi connectivity index (χ1v) is 5.61. The fourth-order valence-corrected chi connectivity index (χ4v) is 1.47. The molecule has 6 heteroatoms. The van der Waals surface area contributed by atoms with Gasteiger partial charge in [-0.15, -0.1) is 0 Å². The van der Waals surface area contributed by atoms with Crippen LogP contribution in [-0.2, 0) is 9.47 Å². The van der Waals surface area contributed by atoms with Gasteiger partial charge in [-0.05, 0) is 20.8 Å². The predicted octanol–water partition coefficient (Wildman–Crippen LogP) is 0.954. The zero-order valence-corrected chi connectivity index (χ0v) is 10.5. The van der Waals surface area contributed by atoms with Crippen LogP contribution in [0.2, 0.25) is 0 Å². The summed E-state index contributed by atoms with van der Waals surface area (Å²) in [6.45, 7) is 4.65. The summed E-state index contributed by atoms with van der Waals surface area (Å²) in [4.78, 5) is 13.0. The Morgan fingerprint density at radius 2 is 2.24 bits per heavy atom. The highest BCUT2D eigenvalue weighted by atomic mass is 19.1. The number of carbonyl (C=O) groups excluding carboxylic acids is 1. The molecule has 1 fully saturated rings. The molecule has 100 valence electrons. The fourth-order valence-electron chi connectivity index (χ4n) is 1.47. The molecule has 0 aromatic heterocycles. The molecule has 1 saturated heterocycles. The molecule has 0 aromatic rings. The number of aliphatic hydroxyl groups excluding tert-OH is 1. The minimum Gasteiger partial charge on any atom is -0.444 e. The molecule has 1 heterocycles. The van der Waals surface area contributed by atoms with Crippen LogP contribution in [0, 0.1) is 0 Å². The highest BCUT2D eigenvalue weighted by Crippen LogP contribution is 2.18. The Labute approximate surface area is 100 Å². The normalized spacial score (nSPS) is 26.5. The molecule has 0 saturated carbocycles. The summed E-state index contributed by atoms with van der Waals surface area (Å²) in [5, 5.41) is 8.97. The van der Waals surface area contributed by atoms with Crippen molar-refractivity contribution >= 4 is 6.09 Å². The average molecular weight is 249 g/mol. The van der Waals surface area contributed by atoms with Crippen LogP contribution >= 0.6 is 0 Å². The minimum absolute atomic E-state index is 0.206. The van der Waals surface area contributed by atoms with Crippen molar-refractivity contribution in [1.29, 1.82) is 0 Å². The molecule has 17 heavy (non-hydrogen) atoms. The van der Waals surface area contributed by atoms with Gasteiger partial charge in [0.1, 0.15) is 5.60 Å². The zero-order chi connectivity index (χ0) is 13.1. The van der Waals surface area contributed by atoms with E-state index in [1.165, 1.54) is 4.90 Å². The molecule has 1 atom stereocenters. The Bertz CT molecular complexity index is 279. The molecule has 0 spiro atoms. The topological polar surface area (TPSA) is 59.0 Å². The van der Waals surface area contributed by atoms with E-state index in [9.17, 15) is 9.18 Å². The van der Waals surface area contributed by atoms with E-state index in [-0.39, 0.29) is 26.3 Å². The van der Waals surface area contributed by atoms with Gasteiger partial charge < -0.3 is 19.5 Å². The molecule has 5 nitrogen and oxygen atoms in total. The number of hydrogen-bond acceptors (Lipinski definition) is 4. The molecule has 1 aliphatic rings. The van der Waals surface area contributed by atoms with E-state index >= 15 is 0 Å². The fraction of sp³-hybridized carbons (Fsp3) is 0.909. The molecule has 1 aliphatic heterocycles. The predicted molar refractivity (Wildman–Crippen MR) is 59.6 cm³/mol. The lowest BCUT2D eigenvalue weighted by atomic mass is 10.1. The third-order valence-corrected chi connectivity index (χ3v) is 2.28. The first kappa shape index (κ1) is 14.2. The second kappa shape index (κ2) is 5.18. The first-order chi connectivity index (χ1) is 7.76. The summed E-state index contributed by atoms with van der Waals surface area (Å²) in [6, 6.07) is 0. The SMILES string of the molecule is CC(C)(C)OC(=O)N1CCOCC(F)(CO)C1. The molecule has 0 aromatic carbocycles. The van der Waals surface area contributed by atoms with E-state index in [0.717, 1.165) is 0 Å². The second-order valence-electron chi connectivity index (χ2n) is 5.26. The maximum Gasteiger partial charge on any atom is 0.410 e. The highest BCUT2D eigenvalue weighted by Gasteiger charge is 2.37. The van der Waals surface area contributed by atoms with Gasteiger partial charge in [0.2, 0.25) is 0 Å². The summed E-state index contributed by atoms with van der Waals surface area (Å²) in [5.41, 5.74) is -2.53. The van der Waals surface area contributed by atoms with Crippen molar-refractivity contribution in [3.8, 4) is 0 Å². The summed E-state index contributed by atoms with van der Waals surface area (Å²) in [7, 11) is 0. The minimum atomic E-state index is -1.91. The van der Waals surface area contributed by atoms with Gasteiger partial charge >= 0.3 is 6.09 Å². The Hall–Kier alpha value is -0.880. The third kappa shape index (κ3) is 4.47. The van der Waals surface area contributed by atoms with Gasteiger partial charge in [-0.25, -0.2) is 9.18 Å². The van der Waals surface area contributed by atoms with E-state index in [1.54, 1.807) is 20.8 Å². The van der Waals surface area contributed by atoms with Gasteiger partial charge in [0.25, 0.3) is 0 Å². The maximum absolute atomic E-state index is 14.0. The number of amides is 1. The molecule has 1 amide bonds. The lowest BCUT2D eigenvalue weighted by Crippen LogP contribution is -2.47. The standard InChI is InChI=1S/C11H20FNO4/c1-10(2,3)17-9(15)13-4-5-16-8-11(12,6-13)7-14/h14H,4-8H2,1-3H3. The number of hydrogen-bond donors (Lipinski definition) is 1. The van der Waals surface area contributed by atoms with Gasteiger partial charge in [0.15, 0.2) is 5.67 Å². The molecule has 1 N–H and O–H groups in total. The van der Waals surface area contributed by atoms with Crippen molar-refractivity contribution in [1.82, 2.24) is 4.90 Å². The average Bonchev–Trinajstić information content (AvgIpc) is 2.39. The molecule has 1 unspecified atom stereocenters. The monoisotopic (exact) mass is 249 g/mol. The summed E-state index contributed by atoms with van der Waals surface area (Å²) < 4.78 is 24.2. The Morgan fingerprint density at radius 3 is 2.76 bits per heavy atom. The molecule has 0 aliphatic carbocycles. The van der Waals surface area contributed by atoms with Crippen LogP contribution in [0.4, 0.5) is 9.18 Å². The number of rotatable bonds is 1. The Balaban J connectivity index is 2.66. The number of halogens is 1. The Kier molecular flexibility index (Phi) is 4.32. The lowest BCUT2D eigenvalue weighted by molar-refractivity contribution is -0.0146. The smallest absolute Gasteiger partial charge is 0.410 e. The van der Waals surface area contributed by atoms with Crippen molar-refractivity contribution in [2.24, 2.45) is 0 Å². The molecule has 1 rings (SSSR count). The number of carbonyl (C=O) groups is 1. The quantitative estimate of drug-likeness (QED) is 0.752. The largest absolute Gasteiger partial charge is 0.444 e. The van der Waals surface area contributed by atoms with Crippen molar-refractivity contribution < 1.29 is 23.8 Å². The van der Waals surface area contributed by atoms with E-state index in [0.29, 0.717) is 0 Å². The van der Waals surface area contributed by atoms with Crippen molar-refractivity contribution in [3.05, 3.63) is 0 Å².